The largest absolute Gasteiger partial charge is 0.497 e. The number of rotatable bonds is 11. The maximum absolute atomic E-state index is 5.96. The normalized spacial score (nSPS) is 12.0. The summed E-state index contributed by atoms with van der Waals surface area (Å²) in [4.78, 5) is 4.67. The molecule has 2 rings (SSSR count). The Labute approximate surface area is 184 Å². The third kappa shape index (κ3) is 7.16. The molecule has 1 atom stereocenters. The van der Waals surface area contributed by atoms with Crippen molar-refractivity contribution >= 4 is 5.96 Å². The second-order valence-corrected chi connectivity index (χ2v) is 6.70. The van der Waals surface area contributed by atoms with Gasteiger partial charge < -0.3 is 34.3 Å². The van der Waals surface area contributed by atoms with Crippen molar-refractivity contribution in [3.63, 3.8) is 0 Å². The summed E-state index contributed by atoms with van der Waals surface area (Å²) in [6.07, 6.45) is -0.0772. The van der Waals surface area contributed by atoms with Crippen molar-refractivity contribution < 1.29 is 23.7 Å². The Kier molecular flexibility index (Phi) is 9.61. The van der Waals surface area contributed by atoms with Crippen LogP contribution in [0.3, 0.4) is 0 Å². The molecule has 2 aromatic rings. The van der Waals surface area contributed by atoms with Gasteiger partial charge in [0.2, 0.25) is 0 Å². The fraction of sp³-hybridized carbons (Fsp3) is 0.435. The summed E-state index contributed by atoms with van der Waals surface area (Å²) in [5, 5.41) is 6.56. The van der Waals surface area contributed by atoms with Crippen molar-refractivity contribution in [2.45, 2.75) is 26.5 Å². The quantitative estimate of drug-likeness (QED) is 0.417. The monoisotopic (exact) mass is 431 g/mol. The van der Waals surface area contributed by atoms with E-state index < -0.39 is 0 Å². The van der Waals surface area contributed by atoms with E-state index in [9.17, 15) is 0 Å². The molecule has 0 spiro atoms. The molecule has 0 aliphatic carbocycles. The van der Waals surface area contributed by atoms with Crippen LogP contribution in [-0.4, -0.2) is 53.6 Å². The number of hydrogen-bond donors (Lipinski definition) is 2. The molecule has 0 saturated heterocycles. The van der Waals surface area contributed by atoms with E-state index in [0.29, 0.717) is 36.3 Å². The zero-order valence-corrected chi connectivity index (χ0v) is 19.2. The molecule has 0 saturated carbocycles. The molecule has 8 heteroatoms. The van der Waals surface area contributed by atoms with Gasteiger partial charge in [-0.15, -0.1) is 0 Å². The predicted molar refractivity (Wildman–Crippen MR) is 122 cm³/mol. The molecule has 0 aromatic heterocycles. The molecule has 0 aliphatic rings. The van der Waals surface area contributed by atoms with Crippen molar-refractivity contribution in [3.05, 3.63) is 42.0 Å². The molecule has 0 heterocycles. The van der Waals surface area contributed by atoms with Crippen LogP contribution in [0.4, 0.5) is 0 Å². The van der Waals surface area contributed by atoms with Gasteiger partial charge in [-0.25, -0.2) is 4.99 Å². The molecule has 0 amide bonds. The lowest BCUT2D eigenvalue weighted by Gasteiger charge is -2.18. The standard InChI is InChI=1S/C23H33N3O5/c1-7-24-23(25-14-16(2)31-19-10-8-9-18(12-19)27-3)26-15-17-11-21(29-5)22(30-6)13-20(17)28-4/h8-13,16H,7,14-15H2,1-6H3,(H2,24,25,26). The Morgan fingerprint density at radius 2 is 1.55 bits per heavy atom. The van der Waals surface area contributed by atoms with Gasteiger partial charge in [-0.1, -0.05) is 6.07 Å². The van der Waals surface area contributed by atoms with Crippen LogP contribution in [0.15, 0.2) is 41.4 Å². The van der Waals surface area contributed by atoms with Gasteiger partial charge in [-0.05, 0) is 32.0 Å². The van der Waals surface area contributed by atoms with Gasteiger partial charge in [-0.2, -0.15) is 0 Å². The molecule has 170 valence electrons. The van der Waals surface area contributed by atoms with E-state index in [2.05, 4.69) is 15.6 Å². The highest BCUT2D eigenvalue weighted by Gasteiger charge is 2.12. The van der Waals surface area contributed by atoms with Crippen LogP contribution < -0.4 is 34.3 Å². The molecule has 8 nitrogen and oxygen atoms in total. The summed E-state index contributed by atoms with van der Waals surface area (Å²) in [5.74, 6) is 4.13. The van der Waals surface area contributed by atoms with Gasteiger partial charge in [0.15, 0.2) is 17.5 Å². The van der Waals surface area contributed by atoms with Gasteiger partial charge in [-0.3, -0.25) is 0 Å². The molecular formula is C23H33N3O5. The first-order valence-corrected chi connectivity index (χ1v) is 10.2. The Morgan fingerprint density at radius 3 is 2.19 bits per heavy atom. The minimum absolute atomic E-state index is 0.0772. The van der Waals surface area contributed by atoms with E-state index in [1.165, 1.54) is 0 Å². The number of benzene rings is 2. The Bertz CT molecular complexity index is 857. The Hall–Kier alpha value is -3.29. The van der Waals surface area contributed by atoms with Crippen molar-refractivity contribution in [2.24, 2.45) is 4.99 Å². The number of aliphatic imine (C=N–C) groups is 1. The summed E-state index contributed by atoms with van der Waals surface area (Å²) in [6, 6.07) is 11.2. The van der Waals surface area contributed by atoms with E-state index >= 15 is 0 Å². The second kappa shape index (κ2) is 12.4. The minimum Gasteiger partial charge on any atom is -0.497 e. The highest BCUT2D eigenvalue weighted by molar-refractivity contribution is 5.79. The Morgan fingerprint density at radius 1 is 0.871 bits per heavy atom. The van der Waals surface area contributed by atoms with Crippen LogP contribution in [0.2, 0.25) is 0 Å². The maximum Gasteiger partial charge on any atom is 0.191 e. The van der Waals surface area contributed by atoms with Crippen molar-refractivity contribution in [3.8, 4) is 28.7 Å². The number of ether oxygens (including phenoxy) is 5. The van der Waals surface area contributed by atoms with E-state index in [0.717, 1.165) is 23.6 Å². The Balaban J connectivity index is 2.04. The molecule has 0 bridgehead atoms. The van der Waals surface area contributed by atoms with Gasteiger partial charge in [0.05, 0.1) is 41.5 Å². The number of methoxy groups -OCH3 is 4. The molecule has 2 N–H and O–H groups in total. The van der Waals surface area contributed by atoms with Gasteiger partial charge in [0.1, 0.15) is 23.4 Å². The van der Waals surface area contributed by atoms with E-state index in [1.807, 2.05) is 44.2 Å². The molecule has 31 heavy (non-hydrogen) atoms. The van der Waals surface area contributed by atoms with E-state index in [1.54, 1.807) is 34.5 Å². The second-order valence-electron chi connectivity index (χ2n) is 6.70. The number of guanidine groups is 1. The maximum atomic E-state index is 5.96. The van der Waals surface area contributed by atoms with Crippen LogP contribution in [0.25, 0.3) is 0 Å². The van der Waals surface area contributed by atoms with Crippen LogP contribution >= 0.6 is 0 Å². The van der Waals surface area contributed by atoms with Crippen LogP contribution in [0.1, 0.15) is 19.4 Å². The third-order valence-electron chi connectivity index (χ3n) is 4.47. The van der Waals surface area contributed by atoms with Gasteiger partial charge >= 0.3 is 0 Å². The summed E-state index contributed by atoms with van der Waals surface area (Å²) in [6.45, 7) is 5.73. The highest BCUT2D eigenvalue weighted by atomic mass is 16.5. The highest BCUT2D eigenvalue weighted by Crippen LogP contribution is 2.34. The van der Waals surface area contributed by atoms with Crippen LogP contribution in [-0.2, 0) is 6.54 Å². The molecule has 0 radical (unpaired) electrons. The average Bonchev–Trinajstić information content (AvgIpc) is 2.80. The molecule has 0 aliphatic heterocycles. The third-order valence-corrected chi connectivity index (χ3v) is 4.47. The first-order valence-electron chi connectivity index (χ1n) is 10.2. The number of nitrogens with one attached hydrogen (secondary N) is 2. The van der Waals surface area contributed by atoms with Crippen LogP contribution in [0.5, 0.6) is 28.7 Å². The lowest BCUT2D eigenvalue weighted by atomic mass is 10.1. The van der Waals surface area contributed by atoms with Gasteiger partial charge in [0.25, 0.3) is 0 Å². The average molecular weight is 432 g/mol. The van der Waals surface area contributed by atoms with Gasteiger partial charge in [0, 0.05) is 24.2 Å². The SMILES string of the molecule is CCNC(=NCc1cc(OC)c(OC)cc1OC)NCC(C)Oc1cccc(OC)c1. The summed E-state index contributed by atoms with van der Waals surface area (Å²) in [7, 11) is 6.45. The molecular weight excluding hydrogens is 398 g/mol. The first-order chi connectivity index (χ1) is 15.0. The zero-order valence-electron chi connectivity index (χ0n) is 19.2. The fourth-order valence-electron chi connectivity index (χ4n) is 2.91. The predicted octanol–water partition coefficient (Wildman–Crippen LogP) is 3.24. The zero-order chi connectivity index (χ0) is 22.6. The van der Waals surface area contributed by atoms with E-state index in [4.69, 9.17) is 23.7 Å². The van der Waals surface area contributed by atoms with Crippen molar-refractivity contribution in [1.82, 2.24) is 10.6 Å². The molecule has 0 fully saturated rings. The summed E-state index contributed by atoms with van der Waals surface area (Å²) in [5.41, 5.74) is 0.887. The number of nitrogens with zero attached hydrogens (tertiary/aromatic N) is 1. The van der Waals surface area contributed by atoms with Crippen LogP contribution in [0, 0.1) is 0 Å². The summed E-state index contributed by atoms with van der Waals surface area (Å²) >= 11 is 0. The smallest absolute Gasteiger partial charge is 0.191 e. The molecule has 1 unspecified atom stereocenters. The topological polar surface area (TPSA) is 82.6 Å². The van der Waals surface area contributed by atoms with E-state index in [-0.39, 0.29) is 6.10 Å². The lowest BCUT2D eigenvalue weighted by molar-refractivity contribution is 0.223. The fourth-order valence-corrected chi connectivity index (χ4v) is 2.91. The first kappa shape index (κ1) is 24.0. The van der Waals surface area contributed by atoms with Crippen molar-refractivity contribution in [1.29, 1.82) is 0 Å². The minimum atomic E-state index is -0.0772. The summed E-state index contributed by atoms with van der Waals surface area (Å²) < 4.78 is 27.4. The lowest BCUT2D eigenvalue weighted by Crippen LogP contribution is -2.41. The molecule has 2 aromatic carbocycles. The number of hydrogen-bond acceptors (Lipinski definition) is 6. The van der Waals surface area contributed by atoms with Crippen molar-refractivity contribution in [2.75, 3.05) is 41.5 Å².